The molecule has 0 radical (unpaired) electrons. The fraction of sp³-hybridized carbons (Fsp3) is 0.722. The molecule has 0 aromatic rings. The predicted molar refractivity (Wildman–Crippen MR) is 91.8 cm³/mol. The van der Waals surface area contributed by atoms with Gasteiger partial charge >= 0.3 is 5.97 Å². The van der Waals surface area contributed by atoms with Crippen molar-refractivity contribution in [3.05, 3.63) is 11.3 Å². The minimum atomic E-state index is -0.862. The summed E-state index contributed by atoms with van der Waals surface area (Å²) in [5, 5.41) is 9.45. The minimum Gasteiger partial charge on any atom is -0.478 e. The number of allylic oxidation sites excluding steroid dienone is 1. The normalized spacial score (nSPS) is 26.1. The number of carboxylic acid groups (broad SMARTS) is 1. The quantitative estimate of drug-likeness (QED) is 0.727. The van der Waals surface area contributed by atoms with Crippen LogP contribution < -0.4 is 0 Å². The lowest BCUT2D eigenvalue weighted by Gasteiger charge is -2.36. The second-order valence-corrected chi connectivity index (χ2v) is 6.91. The molecule has 0 aromatic carbocycles. The zero-order valence-corrected chi connectivity index (χ0v) is 14.2. The number of unbranched alkanes of at least 4 members (excludes halogenated alkanes) is 4. The average Bonchev–Trinajstić information content (AvgIpc) is 2.91. The number of carboxylic acids is 1. The summed E-state index contributed by atoms with van der Waals surface area (Å²) in [5.74, 6) is -0.103. The van der Waals surface area contributed by atoms with Crippen LogP contribution in [0.1, 0.15) is 71.6 Å². The predicted octanol–water partition coefficient (Wildman–Crippen LogP) is 3.75. The molecule has 23 heavy (non-hydrogen) atoms. The van der Waals surface area contributed by atoms with Gasteiger partial charge in [0.15, 0.2) is 0 Å². The van der Waals surface area contributed by atoms with Crippen LogP contribution in [-0.2, 0) is 4.79 Å². The van der Waals surface area contributed by atoms with Crippen LogP contribution in [0.3, 0.4) is 0 Å². The SMILES string of the molecule is CCCCCCCC1CC2CCC3=C(C(=O)O)C(C)=NC(=N1)N32. The highest BCUT2D eigenvalue weighted by atomic mass is 16.4. The first-order chi connectivity index (χ1) is 11.1. The van der Waals surface area contributed by atoms with Crippen molar-refractivity contribution >= 4 is 17.6 Å². The molecule has 5 nitrogen and oxygen atoms in total. The highest BCUT2D eigenvalue weighted by molar-refractivity contribution is 6.23. The molecule has 0 aromatic heterocycles. The Hall–Kier alpha value is -1.65. The maximum absolute atomic E-state index is 11.5. The molecule has 3 heterocycles. The number of guanidine groups is 1. The molecule has 126 valence electrons. The van der Waals surface area contributed by atoms with E-state index in [9.17, 15) is 9.90 Å². The molecular formula is C18H27N3O2. The Morgan fingerprint density at radius 1 is 1.30 bits per heavy atom. The van der Waals surface area contributed by atoms with Gasteiger partial charge < -0.3 is 10.0 Å². The molecule has 0 amide bonds. The van der Waals surface area contributed by atoms with Gasteiger partial charge in [0, 0.05) is 11.7 Å². The van der Waals surface area contributed by atoms with Crippen LogP contribution in [0.25, 0.3) is 0 Å². The Kier molecular flexibility index (Phi) is 4.83. The van der Waals surface area contributed by atoms with Crippen LogP contribution in [-0.4, -0.2) is 39.7 Å². The number of nitrogens with zero attached hydrogens (tertiary/aromatic N) is 3. The van der Waals surface area contributed by atoms with E-state index in [1.54, 1.807) is 6.92 Å². The van der Waals surface area contributed by atoms with E-state index >= 15 is 0 Å². The average molecular weight is 317 g/mol. The van der Waals surface area contributed by atoms with Crippen molar-refractivity contribution in [3.63, 3.8) is 0 Å². The third kappa shape index (κ3) is 3.19. The molecule has 0 aliphatic carbocycles. The van der Waals surface area contributed by atoms with Crippen molar-refractivity contribution in [1.29, 1.82) is 0 Å². The molecule has 3 rings (SSSR count). The van der Waals surface area contributed by atoms with Gasteiger partial charge in [-0.25, -0.2) is 14.8 Å². The molecular weight excluding hydrogens is 290 g/mol. The number of rotatable bonds is 7. The van der Waals surface area contributed by atoms with Gasteiger partial charge in [-0.3, -0.25) is 0 Å². The molecule has 1 N–H and O–H groups in total. The third-order valence-electron chi connectivity index (χ3n) is 5.20. The lowest BCUT2D eigenvalue weighted by atomic mass is 9.98. The van der Waals surface area contributed by atoms with E-state index in [4.69, 9.17) is 4.99 Å². The summed E-state index contributed by atoms with van der Waals surface area (Å²) >= 11 is 0. The van der Waals surface area contributed by atoms with Gasteiger partial charge in [0.1, 0.15) is 5.57 Å². The van der Waals surface area contributed by atoms with Crippen molar-refractivity contribution in [2.24, 2.45) is 9.98 Å². The lowest BCUT2D eigenvalue weighted by molar-refractivity contribution is -0.132. The molecule has 1 fully saturated rings. The Morgan fingerprint density at radius 2 is 2.09 bits per heavy atom. The number of aliphatic carboxylic acids is 1. The van der Waals surface area contributed by atoms with Gasteiger partial charge in [-0.1, -0.05) is 39.0 Å². The summed E-state index contributed by atoms with van der Waals surface area (Å²) in [4.78, 5) is 23.0. The Labute approximate surface area is 138 Å². The number of carbonyl (C=O) groups is 1. The molecule has 0 spiro atoms. The summed E-state index contributed by atoms with van der Waals surface area (Å²) in [7, 11) is 0. The van der Waals surface area contributed by atoms with E-state index in [0.717, 1.165) is 37.3 Å². The van der Waals surface area contributed by atoms with Crippen molar-refractivity contribution < 1.29 is 9.90 Å². The van der Waals surface area contributed by atoms with E-state index in [1.165, 1.54) is 32.1 Å². The van der Waals surface area contributed by atoms with E-state index < -0.39 is 5.97 Å². The molecule has 0 saturated carbocycles. The fourth-order valence-corrected chi connectivity index (χ4v) is 4.06. The summed E-state index contributed by atoms with van der Waals surface area (Å²) < 4.78 is 0. The van der Waals surface area contributed by atoms with Gasteiger partial charge in [0.2, 0.25) is 5.96 Å². The molecule has 1 saturated heterocycles. The minimum absolute atomic E-state index is 0.357. The maximum Gasteiger partial charge on any atom is 0.339 e. The Balaban J connectivity index is 1.71. The highest BCUT2D eigenvalue weighted by Gasteiger charge is 2.42. The summed E-state index contributed by atoms with van der Waals surface area (Å²) in [6.07, 6.45) is 10.5. The molecule has 2 atom stereocenters. The van der Waals surface area contributed by atoms with E-state index in [0.29, 0.717) is 23.4 Å². The van der Waals surface area contributed by atoms with Crippen molar-refractivity contribution in [1.82, 2.24) is 4.90 Å². The third-order valence-corrected chi connectivity index (χ3v) is 5.20. The Morgan fingerprint density at radius 3 is 2.83 bits per heavy atom. The van der Waals surface area contributed by atoms with Gasteiger partial charge in [0.25, 0.3) is 0 Å². The first kappa shape index (κ1) is 16.2. The van der Waals surface area contributed by atoms with Gasteiger partial charge in [0.05, 0.1) is 11.8 Å². The van der Waals surface area contributed by atoms with Gasteiger partial charge in [-0.2, -0.15) is 0 Å². The summed E-state index contributed by atoms with van der Waals surface area (Å²) in [6.45, 7) is 4.03. The fourth-order valence-electron chi connectivity index (χ4n) is 4.06. The molecule has 3 aliphatic heterocycles. The first-order valence-corrected chi connectivity index (χ1v) is 9.01. The summed E-state index contributed by atoms with van der Waals surface area (Å²) in [5.41, 5.74) is 1.92. The first-order valence-electron chi connectivity index (χ1n) is 9.01. The second-order valence-electron chi connectivity index (χ2n) is 6.91. The highest BCUT2D eigenvalue weighted by Crippen LogP contribution is 2.39. The molecule has 2 unspecified atom stereocenters. The monoisotopic (exact) mass is 317 g/mol. The van der Waals surface area contributed by atoms with Crippen molar-refractivity contribution in [2.75, 3.05) is 0 Å². The van der Waals surface area contributed by atoms with E-state index in [2.05, 4.69) is 16.8 Å². The summed E-state index contributed by atoms with van der Waals surface area (Å²) in [6, 6.07) is 0.750. The molecule has 3 aliphatic rings. The van der Waals surface area contributed by atoms with Crippen LogP contribution in [0.5, 0.6) is 0 Å². The lowest BCUT2D eigenvalue weighted by Crippen LogP contribution is -2.44. The van der Waals surface area contributed by atoms with Crippen LogP contribution in [0, 0.1) is 0 Å². The zero-order chi connectivity index (χ0) is 16.4. The van der Waals surface area contributed by atoms with Gasteiger partial charge in [-0.15, -0.1) is 0 Å². The number of hydrogen-bond acceptors (Lipinski definition) is 4. The van der Waals surface area contributed by atoms with Crippen LogP contribution in [0.15, 0.2) is 21.3 Å². The Bertz CT molecular complexity index is 577. The molecule has 5 heteroatoms. The van der Waals surface area contributed by atoms with Crippen LogP contribution >= 0.6 is 0 Å². The standard InChI is InChI=1S/C18H27N3O2/c1-3-4-5-6-7-8-13-11-14-9-10-15-16(17(22)23)12(2)19-18(20-13)21(14)15/h13-14H,3-11H2,1-2H3,(H,22,23). The number of hydrogen-bond donors (Lipinski definition) is 1. The van der Waals surface area contributed by atoms with Crippen molar-refractivity contribution in [3.8, 4) is 0 Å². The van der Waals surface area contributed by atoms with E-state index in [-0.39, 0.29) is 0 Å². The number of aliphatic imine (C=N–C) groups is 2. The van der Waals surface area contributed by atoms with E-state index in [1.807, 2.05) is 0 Å². The second kappa shape index (κ2) is 6.85. The van der Waals surface area contributed by atoms with Crippen LogP contribution in [0.2, 0.25) is 0 Å². The maximum atomic E-state index is 11.5. The van der Waals surface area contributed by atoms with Crippen molar-refractivity contribution in [2.45, 2.75) is 83.7 Å². The molecule has 0 bridgehead atoms. The van der Waals surface area contributed by atoms with Crippen LogP contribution in [0.4, 0.5) is 0 Å². The topological polar surface area (TPSA) is 65.3 Å². The largest absolute Gasteiger partial charge is 0.478 e. The van der Waals surface area contributed by atoms with Gasteiger partial charge in [-0.05, 0) is 32.6 Å². The zero-order valence-electron chi connectivity index (χ0n) is 14.2. The smallest absolute Gasteiger partial charge is 0.339 e.